The van der Waals surface area contributed by atoms with Crippen molar-refractivity contribution in [2.24, 2.45) is 7.05 Å². The van der Waals surface area contributed by atoms with E-state index in [2.05, 4.69) is 10.4 Å². The second-order valence-electron chi connectivity index (χ2n) is 5.78. The zero-order valence-corrected chi connectivity index (χ0v) is 14.5. The Morgan fingerprint density at radius 1 is 1.08 bits per heavy atom. The van der Waals surface area contributed by atoms with Crippen molar-refractivity contribution in [2.75, 3.05) is 16.0 Å². The molecule has 0 aliphatic rings. The summed E-state index contributed by atoms with van der Waals surface area (Å²) >= 11 is 0. The molecule has 3 aromatic rings. The Hall–Kier alpha value is -3.61. The van der Waals surface area contributed by atoms with Gasteiger partial charge in [0.15, 0.2) is 5.82 Å². The van der Waals surface area contributed by atoms with Crippen molar-refractivity contribution in [3.63, 3.8) is 0 Å². The summed E-state index contributed by atoms with van der Waals surface area (Å²) in [4.78, 5) is 25.6. The highest BCUT2D eigenvalue weighted by atomic mass is 16.2. The molecule has 132 valence electrons. The summed E-state index contributed by atoms with van der Waals surface area (Å²) in [7, 11) is 1.79. The highest BCUT2D eigenvalue weighted by Crippen LogP contribution is 2.23. The van der Waals surface area contributed by atoms with Crippen LogP contribution in [0.3, 0.4) is 0 Å². The van der Waals surface area contributed by atoms with Crippen LogP contribution in [0.15, 0.2) is 60.7 Å². The number of carbonyl (C=O) groups is 2. The van der Waals surface area contributed by atoms with Crippen LogP contribution in [-0.2, 0) is 11.8 Å². The number of carbonyl (C=O) groups excluding carboxylic acids is 2. The molecular formula is C19H19N5O2. The minimum Gasteiger partial charge on any atom is -0.399 e. The molecule has 3 rings (SSSR count). The molecule has 26 heavy (non-hydrogen) atoms. The number of aryl methyl sites for hydroxylation is 1. The van der Waals surface area contributed by atoms with Gasteiger partial charge in [-0.2, -0.15) is 5.10 Å². The molecule has 7 nitrogen and oxygen atoms in total. The second kappa shape index (κ2) is 7.10. The number of anilines is 3. The van der Waals surface area contributed by atoms with Crippen molar-refractivity contribution in [2.45, 2.75) is 6.92 Å². The molecular weight excluding hydrogens is 330 g/mol. The Balaban J connectivity index is 1.84. The standard InChI is InChI=1S/C19H19N5O2/c1-13(25)24(16-10-8-15(20)9-11-16)19(26)21-18-12-17(23(2)22-18)14-6-4-3-5-7-14/h3-12H,20H2,1-2H3,(H,21,22,26). The zero-order valence-electron chi connectivity index (χ0n) is 14.5. The number of imide groups is 1. The van der Waals surface area contributed by atoms with E-state index in [1.165, 1.54) is 6.92 Å². The van der Waals surface area contributed by atoms with Crippen molar-refractivity contribution in [3.8, 4) is 11.3 Å². The van der Waals surface area contributed by atoms with Crippen molar-refractivity contribution in [1.29, 1.82) is 0 Å². The van der Waals surface area contributed by atoms with E-state index in [0.717, 1.165) is 16.2 Å². The van der Waals surface area contributed by atoms with Gasteiger partial charge in [0.2, 0.25) is 5.91 Å². The Labute approximate surface area is 151 Å². The lowest BCUT2D eigenvalue weighted by Crippen LogP contribution is -2.38. The Bertz CT molecular complexity index is 932. The normalized spacial score (nSPS) is 10.4. The molecule has 0 bridgehead atoms. The number of nitrogens with zero attached hydrogens (tertiary/aromatic N) is 3. The molecule has 3 N–H and O–H groups in total. The Kier molecular flexibility index (Phi) is 4.70. The third-order valence-electron chi connectivity index (χ3n) is 3.85. The molecule has 7 heteroatoms. The molecule has 0 aliphatic carbocycles. The Morgan fingerprint density at radius 3 is 2.35 bits per heavy atom. The van der Waals surface area contributed by atoms with E-state index in [0.29, 0.717) is 17.2 Å². The maximum Gasteiger partial charge on any atom is 0.334 e. The molecule has 2 aromatic carbocycles. The molecule has 1 aromatic heterocycles. The molecule has 0 saturated carbocycles. The van der Waals surface area contributed by atoms with Gasteiger partial charge in [0.25, 0.3) is 0 Å². The first kappa shape index (κ1) is 17.2. The number of hydrogen-bond acceptors (Lipinski definition) is 4. The first-order valence-corrected chi connectivity index (χ1v) is 8.02. The van der Waals surface area contributed by atoms with Crippen molar-refractivity contribution in [1.82, 2.24) is 9.78 Å². The fourth-order valence-electron chi connectivity index (χ4n) is 2.64. The van der Waals surface area contributed by atoms with E-state index in [1.807, 2.05) is 30.3 Å². The topological polar surface area (TPSA) is 93.2 Å². The van der Waals surface area contributed by atoms with Gasteiger partial charge in [0.1, 0.15) is 0 Å². The summed E-state index contributed by atoms with van der Waals surface area (Å²) in [6.07, 6.45) is 0. The summed E-state index contributed by atoms with van der Waals surface area (Å²) in [5.41, 5.74) is 8.47. The lowest BCUT2D eigenvalue weighted by molar-refractivity contribution is -0.115. The molecule has 0 saturated heterocycles. The maximum absolute atomic E-state index is 12.6. The van der Waals surface area contributed by atoms with E-state index in [9.17, 15) is 9.59 Å². The van der Waals surface area contributed by atoms with Crippen LogP contribution in [0.25, 0.3) is 11.3 Å². The largest absolute Gasteiger partial charge is 0.399 e. The van der Waals surface area contributed by atoms with Crippen LogP contribution in [0.2, 0.25) is 0 Å². The molecule has 3 amide bonds. The van der Waals surface area contributed by atoms with E-state index < -0.39 is 11.9 Å². The second-order valence-corrected chi connectivity index (χ2v) is 5.78. The lowest BCUT2D eigenvalue weighted by atomic mass is 10.1. The molecule has 0 unspecified atom stereocenters. The fraction of sp³-hybridized carbons (Fsp3) is 0.105. The lowest BCUT2D eigenvalue weighted by Gasteiger charge is -2.19. The SMILES string of the molecule is CC(=O)N(C(=O)Nc1cc(-c2ccccc2)n(C)n1)c1ccc(N)cc1. The zero-order chi connectivity index (χ0) is 18.7. The average Bonchev–Trinajstić information content (AvgIpc) is 2.97. The predicted octanol–water partition coefficient (Wildman–Crippen LogP) is 3.25. The number of rotatable bonds is 3. The van der Waals surface area contributed by atoms with Crippen LogP contribution < -0.4 is 16.0 Å². The fourth-order valence-corrected chi connectivity index (χ4v) is 2.64. The van der Waals surface area contributed by atoms with Crippen LogP contribution in [0.4, 0.5) is 22.0 Å². The van der Waals surface area contributed by atoms with E-state index in [-0.39, 0.29) is 0 Å². The van der Waals surface area contributed by atoms with Gasteiger partial charge < -0.3 is 5.73 Å². The number of amides is 3. The molecule has 0 aliphatic heterocycles. The molecule has 1 heterocycles. The van der Waals surface area contributed by atoms with Gasteiger partial charge in [-0.05, 0) is 29.8 Å². The Morgan fingerprint density at radius 2 is 1.73 bits per heavy atom. The number of benzene rings is 2. The van der Waals surface area contributed by atoms with Gasteiger partial charge in [-0.3, -0.25) is 14.8 Å². The molecule has 0 radical (unpaired) electrons. The van der Waals surface area contributed by atoms with Crippen LogP contribution in [0, 0.1) is 0 Å². The van der Waals surface area contributed by atoms with Gasteiger partial charge in [-0.15, -0.1) is 0 Å². The average molecular weight is 349 g/mol. The third kappa shape index (κ3) is 3.56. The molecule has 0 fully saturated rings. The number of aromatic nitrogens is 2. The van der Waals surface area contributed by atoms with E-state index >= 15 is 0 Å². The van der Waals surface area contributed by atoms with Gasteiger partial charge in [-0.25, -0.2) is 9.69 Å². The number of urea groups is 1. The van der Waals surface area contributed by atoms with Crippen LogP contribution in [0.1, 0.15) is 6.92 Å². The maximum atomic E-state index is 12.6. The minimum absolute atomic E-state index is 0.359. The number of nitrogen functional groups attached to an aromatic ring is 1. The number of nitrogens with two attached hydrogens (primary N) is 1. The van der Waals surface area contributed by atoms with E-state index in [4.69, 9.17) is 5.73 Å². The summed E-state index contributed by atoms with van der Waals surface area (Å²) in [6.45, 7) is 1.32. The highest BCUT2D eigenvalue weighted by Gasteiger charge is 2.21. The number of nitrogens with one attached hydrogen (secondary N) is 1. The summed E-state index contributed by atoms with van der Waals surface area (Å²) in [6, 6.07) is 17.4. The highest BCUT2D eigenvalue weighted by molar-refractivity contribution is 6.17. The van der Waals surface area contributed by atoms with Gasteiger partial charge in [0, 0.05) is 25.7 Å². The summed E-state index contributed by atoms with van der Waals surface area (Å²) < 4.78 is 1.67. The third-order valence-corrected chi connectivity index (χ3v) is 3.85. The van der Waals surface area contributed by atoms with Crippen LogP contribution >= 0.6 is 0 Å². The monoisotopic (exact) mass is 349 g/mol. The minimum atomic E-state index is -0.583. The van der Waals surface area contributed by atoms with Gasteiger partial charge >= 0.3 is 6.03 Å². The van der Waals surface area contributed by atoms with Crippen LogP contribution in [0.5, 0.6) is 0 Å². The smallest absolute Gasteiger partial charge is 0.334 e. The predicted molar refractivity (Wildman–Crippen MR) is 102 cm³/mol. The quantitative estimate of drug-likeness (QED) is 0.710. The summed E-state index contributed by atoms with van der Waals surface area (Å²) in [5.74, 6) is -0.0514. The van der Waals surface area contributed by atoms with Crippen molar-refractivity contribution >= 4 is 29.1 Å². The number of hydrogen-bond donors (Lipinski definition) is 2. The van der Waals surface area contributed by atoms with E-state index in [1.54, 1.807) is 42.1 Å². The van der Waals surface area contributed by atoms with Crippen LogP contribution in [-0.4, -0.2) is 21.7 Å². The van der Waals surface area contributed by atoms with Gasteiger partial charge in [-0.1, -0.05) is 30.3 Å². The first-order valence-electron chi connectivity index (χ1n) is 8.02. The summed E-state index contributed by atoms with van der Waals surface area (Å²) in [5, 5.41) is 6.97. The van der Waals surface area contributed by atoms with Crippen molar-refractivity contribution < 1.29 is 9.59 Å². The molecule has 0 spiro atoms. The molecule has 0 atom stereocenters. The van der Waals surface area contributed by atoms with Crippen molar-refractivity contribution in [3.05, 3.63) is 60.7 Å². The first-order chi connectivity index (χ1) is 12.5. The van der Waals surface area contributed by atoms with Gasteiger partial charge in [0.05, 0.1) is 11.4 Å².